The lowest BCUT2D eigenvalue weighted by molar-refractivity contribution is 0.0687. The maximum Gasteiger partial charge on any atom is 0.337 e. The van der Waals surface area contributed by atoms with Crippen molar-refractivity contribution in [1.82, 2.24) is 0 Å². The largest absolute Gasteiger partial charge is 0.478 e. The minimum absolute atomic E-state index is 0.0556. The Labute approximate surface area is 138 Å². The standard InChI is InChI=1S/C8H8ClNO2.C8H9NO2/c1-4-2-5(9)3-6(7(4)10)8(11)12;1-5-3-2-4-6(7(5)9)8(10)11/h2-3H,10H2,1H3,(H,11,12);2-4H,9H2,1H3,(H,10,11). The molecule has 0 saturated carbocycles. The molecule has 2 aromatic carbocycles. The third kappa shape index (κ3) is 4.62. The molecule has 122 valence electrons. The van der Waals surface area contributed by atoms with Crippen LogP contribution in [-0.4, -0.2) is 22.2 Å². The van der Waals surface area contributed by atoms with Gasteiger partial charge in [0.15, 0.2) is 0 Å². The summed E-state index contributed by atoms with van der Waals surface area (Å²) in [6, 6.07) is 7.91. The van der Waals surface area contributed by atoms with Gasteiger partial charge in [-0.25, -0.2) is 9.59 Å². The predicted molar refractivity (Wildman–Crippen MR) is 90.1 cm³/mol. The van der Waals surface area contributed by atoms with Gasteiger partial charge in [-0.05, 0) is 43.2 Å². The number of carbonyl (C=O) groups is 2. The zero-order chi connectivity index (χ0) is 17.7. The summed E-state index contributed by atoms with van der Waals surface area (Å²) in [5.41, 5.74) is 13.3. The van der Waals surface area contributed by atoms with Crippen molar-refractivity contribution in [2.45, 2.75) is 13.8 Å². The van der Waals surface area contributed by atoms with Gasteiger partial charge in [0.2, 0.25) is 0 Å². The van der Waals surface area contributed by atoms with Crippen molar-refractivity contribution in [2.24, 2.45) is 0 Å². The molecule has 6 N–H and O–H groups in total. The summed E-state index contributed by atoms with van der Waals surface area (Å²) < 4.78 is 0. The Morgan fingerprint density at radius 3 is 1.91 bits per heavy atom. The van der Waals surface area contributed by atoms with Crippen LogP contribution in [0.25, 0.3) is 0 Å². The van der Waals surface area contributed by atoms with Gasteiger partial charge >= 0.3 is 11.9 Å². The van der Waals surface area contributed by atoms with Gasteiger partial charge in [-0.3, -0.25) is 0 Å². The van der Waals surface area contributed by atoms with Gasteiger partial charge in [0.05, 0.1) is 11.1 Å². The van der Waals surface area contributed by atoms with Crippen molar-refractivity contribution in [1.29, 1.82) is 0 Å². The van der Waals surface area contributed by atoms with E-state index >= 15 is 0 Å². The summed E-state index contributed by atoms with van der Waals surface area (Å²) in [4.78, 5) is 21.1. The highest BCUT2D eigenvalue weighted by molar-refractivity contribution is 6.31. The van der Waals surface area contributed by atoms with Gasteiger partial charge in [0.1, 0.15) is 0 Å². The number of benzene rings is 2. The van der Waals surface area contributed by atoms with Crippen molar-refractivity contribution in [3.8, 4) is 0 Å². The van der Waals surface area contributed by atoms with Crippen LogP contribution in [0.4, 0.5) is 11.4 Å². The van der Waals surface area contributed by atoms with Gasteiger partial charge in [-0.2, -0.15) is 0 Å². The fraction of sp³-hybridized carbons (Fsp3) is 0.125. The lowest BCUT2D eigenvalue weighted by Crippen LogP contribution is -2.03. The molecule has 0 bridgehead atoms. The summed E-state index contributed by atoms with van der Waals surface area (Å²) in [6.07, 6.45) is 0. The molecule has 2 rings (SSSR count). The molecule has 0 aliphatic heterocycles. The number of aromatic carboxylic acids is 2. The molecule has 0 heterocycles. The molecule has 0 amide bonds. The number of nitrogens with two attached hydrogens (primary N) is 2. The zero-order valence-corrected chi connectivity index (χ0v) is 13.4. The van der Waals surface area contributed by atoms with E-state index in [1.165, 1.54) is 12.1 Å². The van der Waals surface area contributed by atoms with Crippen molar-refractivity contribution in [3.05, 3.63) is 57.6 Å². The van der Waals surface area contributed by atoms with Crippen molar-refractivity contribution in [3.63, 3.8) is 0 Å². The summed E-state index contributed by atoms with van der Waals surface area (Å²) in [5, 5.41) is 17.7. The van der Waals surface area contributed by atoms with Gasteiger partial charge in [0, 0.05) is 16.4 Å². The van der Waals surface area contributed by atoms with Crippen LogP contribution in [0.2, 0.25) is 5.02 Å². The van der Waals surface area contributed by atoms with Crippen molar-refractivity contribution >= 4 is 34.9 Å². The predicted octanol–water partition coefficient (Wildman–Crippen LogP) is 3.20. The van der Waals surface area contributed by atoms with Gasteiger partial charge in [0.25, 0.3) is 0 Å². The van der Waals surface area contributed by atoms with E-state index < -0.39 is 11.9 Å². The minimum atomic E-state index is -1.06. The van der Waals surface area contributed by atoms with Crippen LogP contribution in [0, 0.1) is 13.8 Å². The second-order valence-electron chi connectivity index (χ2n) is 4.83. The number of halogens is 1. The molecule has 7 heteroatoms. The van der Waals surface area contributed by atoms with Crippen LogP contribution in [0.15, 0.2) is 30.3 Å². The number of para-hydroxylation sites is 1. The van der Waals surface area contributed by atoms with Crippen LogP contribution in [0.1, 0.15) is 31.8 Å². The third-order valence-corrected chi connectivity index (χ3v) is 3.35. The van der Waals surface area contributed by atoms with E-state index in [1.807, 2.05) is 0 Å². The summed E-state index contributed by atoms with van der Waals surface area (Å²) in [6.45, 7) is 3.50. The minimum Gasteiger partial charge on any atom is -0.478 e. The maximum atomic E-state index is 10.6. The number of aryl methyl sites for hydroxylation is 2. The Balaban J connectivity index is 0.000000231. The summed E-state index contributed by atoms with van der Waals surface area (Å²) >= 11 is 5.65. The molecule has 0 fully saturated rings. The zero-order valence-electron chi connectivity index (χ0n) is 12.6. The van der Waals surface area contributed by atoms with Gasteiger partial charge < -0.3 is 21.7 Å². The summed E-state index contributed by atoms with van der Waals surface area (Å²) in [5.74, 6) is -2.04. The highest BCUT2D eigenvalue weighted by atomic mass is 35.5. The highest BCUT2D eigenvalue weighted by Gasteiger charge is 2.10. The maximum absolute atomic E-state index is 10.6. The number of hydrogen-bond donors (Lipinski definition) is 4. The molecule has 6 nitrogen and oxygen atoms in total. The lowest BCUT2D eigenvalue weighted by Gasteiger charge is -2.04. The Morgan fingerprint density at radius 1 is 0.913 bits per heavy atom. The first-order valence-corrected chi connectivity index (χ1v) is 6.90. The Hall–Kier alpha value is -2.73. The number of nitrogen functional groups attached to an aromatic ring is 2. The topological polar surface area (TPSA) is 127 Å². The van der Waals surface area contributed by atoms with E-state index in [0.29, 0.717) is 16.3 Å². The van der Waals surface area contributed by atoms with E-state index in [-0.39, 0.29) is 16.8 Å². The average molecular weight is 337 g/mol. The first-order chi connectivity index (χ1) is 10.6. The highest BCUT2D eigenvalue weighted by Crippen LogP contribution is 2.22. The molecular weight excluding hydrogens is 320 g/mol. The smallest absolute Gasteiger partial charge is 0.337 e. The summed E-state index contributed by atoms with van der Waals surface area (Å²) in [7, 11) is 0. The Morgan fingerprint density at radius 2 is 1.43 bits per heavy atom. The molecule has 0 aliphatic carbocycles. The van der Waals surface area contributed by atoms with E-state index in [4.69, 9.17) is 33.3 Å². The second-order valence-corrected chi connectivity index (χ2v) is 5.27. The molecule has 0 saturated heterocycles. The quantitative estimate of drug-likeness (QED) is 0.624. The van der Waals surface area contributed by atoms with Crippen LogP contribution >= 0.6 is 11.6 Å². The molecule has 0 spiro atoms. The van der Waals surface area contributed by atoms with E-state index in [9.17, 15) is 9.59 Å². The van der Waals surface area contributed by atoms with Crippen LogP contribution in [0.3, 0.4) is 0 Å². The Kier molecular flexibility index (Phi) is 5.98. The third-order valence-electron chi connectivity index (χ3n) is 3.14. The molecule has 0 aliphatic rings. The monoisotopic (exact) mass is 336 g/mol. The van der Waals surface area contributed by atoms with Gasteiger partial charge in [-0.15, -0.1) is 0 Å². The van der Waals surface area contributed by atoms with Gasteiger partial charge in [-0.1, -0.05) is 23.7 Å². The van der Waals surface area contributed by atoms with Crippen LogP contribution in [0.5, 0.6) is 0 Å². The van der Waals surface area contributed by atoms with E-state index in [0.717, 1.165) is 5.56 Å². The van der Waals surface area contributed by atoms with Crippen LogP contribution < -0.4 is 11.5 Å². The second kappa shape index (κ2) is 7.51. The number of hydrogen-bond acceptors (Lipinski definition) is 4. The van der Waals surface area contributed by atoms with Crippen LogP contribution in [-0.2, 0) is 0 Å². The average Bonchev–Trinajstić information content (AvgIpc) is 2.46. The normalized spacial score (nSPS) is 9.70. The molecule has 0 atom stereocenters. The van der Waals surface area contributed by atoms with E-state index in [1.54, 1.807) is 32.0 Å². The first kappa shape index (κ1) is 18.3. The van der Waals surface area contributed by atoms with E-state index in [2.05, 4.69) is 0 Å². The number of carboxylic acid groups (broad SMARTS) is 2. The lowest BCUT2D eigenvalue weighted by atomic mass is 10.1. The molecule has 2 aromatic rings. The number of carboxylic acids is 2. The van der Waals surface area contributed by atoms with Crippen molar-refractivity contribution in [2.75, 3.05) is 11.5 Å². The number of rotatable bonds is 2. The molecule has 0 aromatic heterocycles. The molecule has 0 radical (unpaired) electrons. The SMILES string of the molecule is Cc1cc(Cl)cc(C(=O)O)c1N.Cc1cccc(C(=O)O)c1N. The molecular formula is C16H17ClN2O4. The fourth-order valence-electron chi connectivity index (χ4n) is 1.80. The van der Waals surface area contributed by atoms with Crippen molar-refractivity contribution < 1.29 is 19.8 Å². The number of anilines is 2. The molecule has 23 heavy (non-hydrogen) atoms. The first-order valence-electron chi connectivity index (χ1n) is 6.52. The fourth-order valence-corrected chi connectivity index (χ4v) is 2.07. The Bertz CT molecular complexity index is 760. The molecule has 0 unspecified atom stereocenters.